The van der Waals surface area contributed by atoms with E-state index in [0.29, 0.717) is 12.4 Å². The Hall–Kier alpha value is -1.88. The normalized spacial score (nSPS) is 13.8. The smallest absolute Gasteiger partial charge is 0.335 e. The lowest BCUT2D eigenvalue weighted by Crippen LogP contribution is -2.00. The lowest BCUT2D eigenvalue weighted by Gasteiger charge is -2.06. The molecule has 0 atom stereocenters. The minimum atomic E-state index is -0.944. The van der Waals surface area contributed by atoms with Gasteiger partial charge in [-0.1, -0.05) is 6.07 Å². The fourth-order valence-corrected chi connectivity index (χ4v) is 3.40. The predicted octanol–water partition coefficient (Wildman–Crippen LogP) is 3.30. The molecule has 3 rings (SSSR count). The second kappa shape index (κ2) is 5.63. The van der Waals surface area contributed by atoms with Crippen molar-refractivity contribution in [2.75, 3.05) is 0 Å². The van der Waals surface area contributed by atoms with Gasteiger partial charge in [-0.05, 0) is 43.9 Å². The van der Waals surface area contributed by atoms with Gasteiger partial charge in [-0.25, -0.2) is 9.78 Å². The van der Waals surface area contributed by atoms with Crippen molar-refractivity contribution < 1.29 is 14.6 Å². The molecule has 0 bridgehead atoms. The Kier molecular flexibility index (Phi) is 3.69. The van der Waals surface area contributed by atoms with Crippen molar-refractivity contribution in [1.82, 2.24) is 4.98 Å². The Labute approximate surface area is 121 Å². The molecule has 2 aromatic rings. The number of aryl methyl sites for hydroxylation is 2. The number of aromatic carboxylic acids is 1. The van der Waals surface area contributed by atoms with E-state index in [0.717, 1.165) is 17.8 Å². The third-order valence-corrected chi connectivity index (χ3v) is 4.46. The quantitative estimate of drug-likeness (QED) is 0.938. The number of carbonyl (C=O) groups is 1. The summed E-state index contributed by atoms with van der Waals surface area (Å²) in [6.07, 6.45) is 4.66. The van der Waals surface area contributed by atoms with E-state index in [1.165, 1.54) is 29.5 Å². The Bertz CT molecular complexity index is 612. The molecule has 4 nitrogen and oxygen atoms in total. The summed E-state index contributed by atoms with van der Waals surface area (Å²) in [6, 6.07) is 6.54. The van der Waals surface area contributed by atoms with Crippen LogP contribution in [-0.4, -0.2) is 16.1 Å². The van der Waals surface area contributed by atoms with E-state index in [-0.39, 0.29) is 5.56 Å². The minimum Gasteiger partial charge on any atom is -0.486 e. The Balaban J connectivity index is 1.68. The zero-order valence-corrected chi connectivity index (χ0v) is 11.8. The molecule has 1 N–H and O–H groups in total. The molecule has 0 aliphatic heterocycles. The summed E-state index contributed by atoms with van der Waals surface area (Å²) in [6.45, 7) is 0.404. The first-order valence-corrected chi connectivity index (χ1v) is 7.47. The van der Waals surface area contributed by atoms with Crippen LogP contribution in [0.3, 0.4) is 0 Å². The number of aromatic nitrogens is 1. The first-order chi connectivity index (χ1) is 9.72. The van der Waals surface area contributed by atoms with Gasteiger partial charge in [0.15, 0.2) is 0 Å². The molecule has 104 valence electrons. The summed E-state index contributed by atoms with van der Waals surface area (Å²) in [5, 5.41) is 9.91. The average Bonchev–Trinajstić information content (AvgIpc) is 2.88. The van der Waals surface area contributed by atoms with E-state index in [2.05, 4.69) is 4.98 Å². The Morgan fingerprint density at radius 3 is 3.00 bits per heavy atom. The number of hydrogen-bond donors (Lipinski definition) is 1. The van der Waals surface area contributed by atoms with Crippen LogP contribution in [0.15, 0.2) is 24.3 Å². The van der Waals surface area contributed by atoms with Gasteiger partial charge < -0.3 is 9.84 Å². The third-order valence-electron chi connectivity index (χ3n) is 3.33. The summed E-state index contributed by atoms with van der Waals surface area (Å²) in [5.41, 5.74) is 1.46. The highest BCUT2D eigenvalue weighted by Crippen LogP contribution is 2.27. The van der Waals surface area contributed by atoms with Gasteiger partial charge in [0.25, 0.3) is 0 Å². The molecular weight excluding hydrogens is 274 g/mol. The number of carboxylic acid groups (broad SMARTS) is 1. The number of rotatable bonds is 4. The van der Waals surface area contributed by atoms with Gasteiger partial charge in [0.1, 0.15) is 17.4 Å². The zero-order chi connectivity index (χ0) is 13.9. The highest BCUT2D eigenvalue weighted by Gasteiger charge is 2.15. The number of ether oxygens (including phenoxy) is 1. The molecule has 5 heteroatoms. The van der Waals surface area contributed by atoms with Crippen LogP contribution in [0.4, 0.5) is 0 Å². The molecule has 0 saturated heterocycles. The maximum Gasteiger partial charge on any atom is 0.335 e. The molecule has 1 aliphatic carbocycles. The van der Waals surface area contributed by atoms with E-state index < -0.39 is 5.97 Å². The van der Waals surface area contributed by atoms with Gasteiger partial charge in [0.05, 0.1) is 11.3 Å². The molecule has 0 saturated carbocycles. The summed E-state index contributed by atoms with van der Waals surface area (Å²) in [5.74, 6) is -0.377. The maximum atomic E-state index is 10.9. The van der Waals surface area contributed by atoms with Crippen LogP contribution in [0.25, 0.3) is 0 Å². The zero-order valence-electron chi connectivity index (χ0n) is 11.0. The lowest BCUT2D eigenvalue weighted by molar-refractivity contribution is 0.0696. The van der Waals surface area contributed by atoms with Crippen molar-refractivity contribution >= 4 is 17.3 Å². The van der Waals surface area contributed by atoms with Crippen molar-refractivity contribution in [1.29, 1.82) is 0 Å². The van der Waals surface area contributed by atoms with Crippen molar-refractivity contribution in [3.05, 3.63) is 45.4 Å². The summed E-state index contributed by atoms with van der Waals surface area (Å²) >= 11 is 1.71. The van der Waals surface area contributed by atoms with Crippen molar-refractivity contribution in [2.24, 2.45) is 0 Å². The van der Waals surface area contributed by atoms with Crippen LogP contribution in [0.2, 0.25) is 0 Å². The fourth-order valence-electron chi connectivity index (χ4n) is 2.33. The number of fused-ring (bicyclic) bond motifs is 1. The van der Waals surface area contributed by atoms with E-state index in [1.54, 1.807) is 29.5 Å². The van der Waals surface area contributed by atoms with E-state index in [4.69, 9.17) is 9.84 Å². The van der Waals surface area contributed by atoms with E-state index >= 15 is 0 Å². The summed E-state index contributed by atoms with van der Waals surface area (Å²) in [4.78, 5) is 16.9. The molecule has 20 heavy (non-hydrogen) atoms. The number of carboxylic acids is 1. The molecule has 1 aromatic heterocycles. The van der Waals surface area contributed by atoms with Crippen molar-refractivity contribution in [3.63, 3.8) is 0 Å². The van der Waals surface area contributed by atoms with Crippen LogP contribution >= 0.6 is 11.3 Å². The van der Waals surface area contributed by atoms with Crippen molar-refractivity contribution in [2.45, 2.75) is 32.3 Å². The number of thiazole rings is 1. The summed E-state index contributed by atoms with van der Waals surface area (Å²) < 4.78 is 5.65. The van der Waals surface area contributed by atoms with Gasteiger partial charge in [-0.3, -0.25) is 0 Å². The highest BCUT2D eigenvalue weighted by molar-refractivity contribution is 7.11. The minimum absolute atomic E-state index is 0.237. The molecule has 1 aliphatic rings. The molecule has 0 unspecified atom stereocenters. The first-order valence-electron chi connectivity index (χ1n) is 6.66. The standard InChI is InChI=1S/C15H15NO3S/c17-15(18)10-4-3-5-11(8-10)19-9-14-16-12-6-1-2-7-13(12)20-14/h3-5,8H,1-2,6-7,9H2,(H,17,18). The second-order valence-electron chi connectivity index (χ2n) is 4.81. The third kappa shape index (κ3) is 2.82. The van der Waals surface area contributed by atoms with Gasteiger partial charge in [-0.2, -0.15) is 0 Å². The highest BCUT2D eigenvalue weighted by atomic mass is 32.1. The number of hydrogen-bond acceptors (Lipinski definition) is 4. The van der Waals surface area contributed by atoms with Gasteiger partial charge >= 0.3 is 5.97 Å². The van der Waals surface area contributed by atoms with Crippen molar-refractivity contribution in [3.8, 4) is 5.75 Å². The lowest BCUT2D eigenvalue weighted by atomic mass is 10.0. The molecule has 1 aromatic carbocycles. The molecule has 0 spiro atoms. The van der Waals surface area contributed by atoms with Gasteiger partial charge in [-0.15, -0.1) is 11.3 Å². The first kappa shape index (κ1) is 13.1. The van der Waals surface area contributed by atoms with E-state index in [1.807, 2.05) is 0 Å². The second-order valence-corrected chi connectivity index (χ2v) is 5.97. The molecule has 1 heterocycles. The summed E-state index contributed by atoms with van der Waals surface area (Å²) in [7, 11) is 0. The fraction of sp³-hybridized carbons (Fsp3) is 0.333. The Morgan fingerprint density at radius 2 is 2.20 bits per heavy atom. The van der Waals surface area contributed by atoms with Gasteiger partial charge in [0, 0.05) is 4.88 Å². The van der Waals surface area contributed by atoms with Crippen LogP contribution < -0.4 is 4.74 Å². The SMILES string of the molecule is O=C(O)c1cccc(OCc2nc3c(s2)CCCC3)c1. The monoisotopic (exact) mass is 289 g/mol. The number of benzene rings is 1. The molecule has 0 radical (unpaired) electrons. The van der Waals surface area contributed by atoms with Crippen LogP contribution in [0, 0.1) is 0 Å². The maximum absolute atomic E-state index is 10.9. The average molecular weight is 289 g/mol. The van der Waals surface area contributed by atoms with E-state index in [9.17, 15) is 4.79 Å². The van der Waals surface area contributed by atoms with Crippen LogP contribution in [0.5, 0.6) is 5.75 Å². The molecule has 0 fully saturated rings. The number of nitrogens with zero attached hydrogens (tertiary/aromatic N) is 1. The Morgan fingerprint density at radius 1 is 1.35 bits per heavy atom. The topological polar surface area (TPSA) is 59.4 Å². The van der Waals surface area contributed by atoms with Crippen LogP contribution in [0.1, 0.15) is 38.8 Å². The molecular formula is C15H15NO3S. The predicted molar refractivity (Wildman–Crippen MR) is 76.5 cm³/mol. The van der Waals surface area contributed by atoms with Crippen LogP contribution in [-0.2, 0) is 19.4 Å². The molecule has 0 amide bonds. The van der Waals surface area contributed by atoms with Gasteiger partial charge in [0.2, 0.25) is 0 Å². The largest absolute Gasteiger partial charge is 0.486 e.